The van der Waals surface area contributed by atoms with Crippen LogP contribution in [0.4, 0.5) is 0 Å². The molecule has 0 radical (unpaired) electrons. The molecule has 2 aromatic rings. The highest BCUT2D eigenvalue weighted by atomic mass is 35.5. The second-order valence-electron chi connectivity index (χ2n) is 3.87. The maximum Gasteiger partial charge on any atom is 0.204 e. The molecule has 4 heteroatoms. The highest BCUT2D eigenvalue weighted by Crippen LogP contribution is 2.41. The maximum absolute atomic E-state index is 12.0. The SMILES string of the molecule is O=C(c1cccs1)C1OC1c1ccc(Cl)cc1. The van der Waals surface area contributed by atoms with Gasteiger partial charge in [0.05, 0.1) is 4.88 Å². The van der Waals surface area contributed by atoms with Crippen LogP contribution in [-0.4, -0.2) is 11.9 Å². The van der Waals surface area contributed by atoms with Crippen molar-refractivity contribution in [1.29, 1.82) is 0 Å². The van der Waals surface area contributed by atoms with E-state index in [9.17, 15) is 4.79 Å². The van der Waals surface area contributed by atoms with Crippen molar-refractivity contribution in [3.05, 3.63) is 57.2 Å². The van der Waals surface area contributed by atoms with E-state index in [1.54, 1.807) is 0 Å². The molecule has 0 aliphatic carbocycles. The number of hydrogen-bond donors (Lipinski definition) is 0. The van der Waals surface area contributed by atoms with E-state index >= 15 is 0 Å². The van der Waals surface area contributed by atoms with Crippen LogP contribution in [0.2, 0.25) is 5.02 Å². The number of thiophene rings is 1. The summed E-state index contributed by atoms with van der Waals surface area (Å²) < 4.78 is 5.44. The van der Waals surface area contributed by atoms with Gasteiger partial charge in [-0.3, -0.25) is 4.79 Å². The van der Waals surface area contributed by atoms with Gasteiger partial charge in [-0.05, 0) is 29.1 Å². The molecule has 0 bridgehead atoms. The Bertz CT molecular complexity index is 533. The minimum absolute atomic E-state index is 0.0694. The van der Waals surface area contributed by atoms with Gasteiger partial charge in [0.25, 0.3) is 0 Å². The number of hydrogen-bond acceptors (Lipinski definition) is 3. The van der Waals surface area contributed by atoms with Crippen molar-refractivity contribution in [3.8, 4) is 0 Å². The van der Waals surface area contributed by atoms with E-state index in [1.807, 2.05) is 41.8 Å². The summed E-state index contributed by atoms with van der Waals surface area (Å²) in [6, 6.07) is 11.1. The summed E-state index contributed by atoms with van der Waals surface area (Å²) in [5.74, 6) is 0.0694. The van der Waals surface area contributed by atoms with Gasteiger partial charge in [0, 0.05) is 5.02 Å². The van der Waals surface area contributed by atoms with Crippen molar-refractivity contribution in [3.63, 3.8) is 0 Å². The number of ether oxygens (including phenoxy) is 1. The summed E-state index contributed by atoms with van der Waals surface area (Å²) in [7, 11) is 0. The van der Waals surface area contributed by atoms with Crippen LogP contribution in [0.15, 0.2) is 41.8 Å². The molecule has 1 aliphatic rings. The normalized spacial score (nSPS) is 22.4. The lowest BCUT2D eigenvalue weighted by molar-refractivity contribution is 0.0957. The fourth-order valence-electron chi connectivity index (χ4n) is 1.78. The monoisotopic (exact) mass is 264 g/mol. The van der Waals surface area contributed by atoms with Crippen LogP contribution in [0.3, 0.4) is 0 Å². The minimum Gasteiger partial charge on any atom is -0.356 e. The van der Waals surface area contributed by atoms with Crippen LogP contribution in [-0.2, 0) is 4.74 Å². The summed E-state index contributed by atoms with van der Waals surface area (Å²) in [6.07, 6.45) is -0.434. The molecule has 0 saturated carbocycles. The Labute approximate surface area is 108 Å². The van der Waals surface area contributed by atoms with Crippen LogP contribution in [0.1, 0.15) is 21.3 Å². The number of ketones is 1. The van der Waals surface area contributed by atoms with Crippen molar-refractivity contribution in [2.24, 2.45) is 0 Å². The highest BCUT2D eigenvalue weighted by Gasteiger charge is 2.46. The second kappa shape index (κ2) is 4.26. The fraction of sp³-hybridized carbons (Fsp3) is 0.154. The smallest absolute Gasteiger partial charge is 0.204 e. The lowest BCUT2D eigenvalue weighted by atomic mass is 10.1. The Morgan fingerprint density at radius 2 is 2.00 bits per heavy atom. The number of Topliss-reactive ketones (excluding diaryl/α,β-unsaturated/α-hetero) is 1. The van der Waals surface area contributed by atoms with E-state index in [0.717, 1.165) is 10.4 Å². The number of carbonyl (C=O) groups is 1. The van der Waals surface area contributed by atoms with Gasteiger partial charge in [-0.2, -0.15) is 0 Å². The molecule has 86 valence electrons. The van der Waals surface area contributed by atoms with Gasteiger partial charge in [0.1, 0.15) is 6.10 Å². The van der Waals surface area contributed by atoms with Crippen molar-refractivity contribution in [2.75, 3.05) is 0 Å². The summed E-state index contributed by atoms with van der Waals surface area (Å²) >= 11 is 7.26. The van der Waals surface area contributed by atoms with E-state index in [2.05, 4.69) is 0 Å². The van der Waals surface area contributed by atoms with Gasteiger partial charge in [-0.25, -0.2) is 0 Å². The molecule has 0 N–H and O–H groups in total. The fourth-order valence-corrected chi connectivity index (χ4v) is 2.60. The first-order chi connectivity index (χ1) is 8.25. The Kier molecular flexibility index (Phi) is 2.74. The van der Waals surface area contributed by atoms with Crippen LogP contribution in [0.5, 0.6) is 0 Å². The first-order valence-corrected chi connectivity index (χ1v) is 6.50. The Morgan fingerprint density at radius 3 is 2.65 bits per heavy atom. The van der Waals surface area contributed by atoms with E-state index < -0.39 is 0 Å². The lowest BCUT2D eigenvalue weighted by Crippen LogP contribution is -2.05. The van der Waals surface area contributed by atoms with Crippen molar-refractivity contribution in [2.45, 2.75) is 12.2 Å². The highest BCUT2D eigenvalue weighted by molar-refractivity contribution is 7.12. The number of carbonyl (C=O) groups excluding carboxylic acids is 1. The molecule has 3 rings (SSSR count). The van der Waals surface area contributed by atoms with Gasteiger partial charge in [0.15, 0.2) is 6.10 Å². The maximum atomic E-state index is 12.0. The Balaban J connectivity index is 1.74. The summed E-state index contributed by atoms with van der Waals surface area (Å²) in [6.45, 7) is 0. The van der Waals surface area contributed by atoms with E-state index in [1.165, 1.54) is 11.3 Å². The summed E-state index contributed by atoms with van der Waals surface area (Å²) in [4.78, 5) is 12.7. The van der Waals surface area contributed by atoms with Crippen LogP contribution >= 0.6 is 22.9 Å². The van der Waals surface area contributed by atoms with Gasteiger partial charge in [-0.15, -0.1) is 11.3 Å². The van der Waals surface area contributed by atoms with Crippen LogP contribution < -0.4 is 0 Å². The topological polar surface area (TPSA) is 29.6 Å². The predicted molar refractivity (Wildman–Crippen MR) is 67.7 cm³/mol. The summed E-state index contributed by atoms with van der Waals surface area (Å²) in [5.41, 5.74) is 1.00. The van der Waals surface area contributed by atoms with Gasteiger partial charge in [-0.1, -0.05) is 29.8 Å². The number of rotatable bonds is 3. The van der Waals surface area contributed by atoms with Crippen molar-refractivity contribution in [1.82, 2.24) is 0 Å². The number of epoxide rings is 1. The third-order valence-electron chi connectivity index (χ3n) is 2.71. The molecule has 0 spiro atoms. The molecule has 17 heavy (non-hydrogen) atoms. The standard InChI is InChI=1S/C13H9ClO2S/c14-9-5-3-8(4-6-9)12-13(16-12)11(15)10-2-1-7-17-10/h1-7,12-13H. The van der Waals surface area contributed by atoms with Crippen molar-refractivity contribution < 1.29 is 9.53 Å². The molecular formula is C13H9ClO2S. The molecule has 1 aliphatic heterocycles. The zero-order valence-electron chi connectivity index (χ0n) is 8.80. The molecular weight excluding hydrogens is 256 g/mol. The molecule has 2 nitrogen and oxygen atoms in total. The van der Waals surface area contributed by atoms with Gasteiger partial charge >= 0.3 is 0 Å². The molecule has 0 amide bonds. The van der Waals surface area contributed by atoms with Gasteiger partial charge in [0.2, 0.25) is 5.78 Å². The number of benzene rings is 1. The molecule has 2 heterocycles. The average Bonchev–Trinajstić information content (AvgIpc) is 2.94. The average molecular weight is 265 g/mol. The predicted octanol–water partition coefficient (Wildman–Crippen LogP) is 3.72. The van der Waals surface area contributed by atoms with Crippen LogP contribution in [0.25, 0.3) is 0 Å². The lowest BCUT2D eigenvalue weighted by Gasteiger charge is -1.95. The third-order valence-corrected chi connectivity index (χ3v) is 3.85. The molecule has 1 aromatic heterocycles. The quantitative estimate of drug-likeness (QED) is 0.625. The van der Waals surface area contributed by atoms with Crippen molar-refractivity contribution >= 4 is 28.7 Å². The van der Waals surface area contributed by atoms with Crippen LogP contribution in [0, 0.1) is 0 Å². The number of halogens is 1. The molecule has 1 saturated heterocycles. The largest absolute Gasteiger partial charge is 0.356 e. The molecule has 2 unspecified atom stereocenters. The first kappa shape index (κ1) is 11.0. The molecule has 2 atom stereocenters. The van der Waals surface area contributed by atoms with E-state index in [0.29, 0.717) is 5.02 Å². The zero-order chi connectivity index (χ0) is 11.8. The van der Waals surface area contributed by atoms with Gasteiger partial charge < -0.3 is 4.74 Å². The summed E-state index contributed by atoms with van der Waals surface area (Å²) in [5, 5.41) is 2.59. The second-order valence-corrected chi connectivity index (χ2v) is 5.25. The Hall–Kier alpha value is -1.16. The van der Waals surface area contributed by atoms with E-state index in [4.69, 9.17) is 16.3 Å². The molecule has 1 aromatic carbocycles. The minimum atomic E-state index is -0.324. The first-order valence-electron chi connectivity index (χ1n) is 5.24. The third kappa shape index (κ3) is 2.14. The van der Waals surface area contributed by atoms with E-state index in [-0.39, 0.29) is 18.0 Å². The zero-order valence-corrected chi connectivity index (χ0v) is 10.4. The Morgan fingerprint density at radius 1 is 1.24 bits per heavy atom. The molecule has 1 fully saturated rings.